The van der Waals surface area contributed by atoms with Crippen LogP contribution in [0, 0.1) is 0 Å². The van der Waals surface area contributed by atoms with Crippen LogP contribution in [0.15, 0.2) is 109 Å². The van der Waals surface area contributed by atoms with Gasteiger partial charge in [-0.05, 0) is 54.7 Å². The summed E-state index contributed by atoms with van der Waals surface area (Å²) in [6, 6.07) is 33.4. The number of ether oxygens (including phenoxy) is 2. The van der Waals surface area contributed by atoms with Gasteiger partial charge in [-0.2, -0.15) is 0 Å². The number of aryl methyl sites for hydroxylation is 1. The number of carbonyl (C=O) groups is 3. The van der Waals surface area contributed by atoms with Crippen LogP contribution in [-0.2, 0) is 27.2 Å². The summed E-state index contributed by atoms with van der Waals surface area (Å²) < 4.78 is 10.9. The van der Waals surface area contributed by atoms with E-state index < -0.39 is 12.0 Å². The predicted molar refractivity (Wildman–Crippen MR) is 178 cm³/mol. The van der Waals surface area contributed by atoms with Crippen LogP contribution in [0.25, 0.3) is 0 Å². The number of nitrogens with one attached hydrogen (secondary N) is 2. The van der Waals surface area contributed by atoms with Crippen LogP contribution in [-0.4, -0.2) is 44.0 Å². The van der Waals surface area contributed by atoms with Crippen molar-refractivity contribution in [1.29, 1.82) is 0 Å². The lowest BCUT2D eigenvalue weighted by Gasteiger charge is -2.20. The molecule has 0 bridgehead atoms. The Labute approximate surface area is 266 Å². The number of hydrogen-bond donors (Lipinski definition) is 2. The molecule has 45 heavy (non-hydrogen) atoms. The fraction of sp³-hybridized carbons (Fsp3) is 0.289. The van der Waals surface area contributed by atoms with Gasteiger partial charge in [0.25, 0.3) is 0 Å². The molecule has 1 amide bonds. The number of rotatable bonds is 18. The fourth-order valence-corrected chi connectivity index (χ4v) is 5.09. The average Bonchev–Trinajstić information content (AvgIpc) is 3.09. The second kappa shape index (κ2) is 18.0. The molecule has 4 aromatic rings. The van der Waals surface area contributed by atoms with E-state index >= 15 is 0 Å². The molecule has 0 radical (unpaired) electrons. The Morgan fingerprint density at radius 1 is 0.711 bits per heavy atom. The number of ketones is 1. The molecule has 0 aliphatic heterocycles. The first-order valence-corrected chi connectivity index (χ1v) is 15.6. The lowest BCUT2D eigenvalue weighted by Crippen LogP contribution is -2.33. The topological polar surface area (TPSA) is 93.7 Å². The molecule has 4 rings (SSSR count). The molecular formula is C38H42N2O5. The van der Waals surface area contributed by atoms with Crippen molar-refractivity contribution in [2.24, 2.45) is 0 Å². The molecule has 0 spiro atoms. The Hall–Kier alpha value is -4.91. The Bertz CT molecular complexity index is 1490. The van der Waals surface area contributed by atoms with Crippen LogP contribution in [0.2, 0.25) is 0 Å². The number of para-hydroxylation sites is 1. The second-order valence-electron chi connectivity index (χ2n) is 10.9. The van der Waals surface area contributed by atoms with Gasteiger partial charge in [-0.15, -0.1) is 0 Å². The minimum absolute atomic E-state index is 0.0467. The van der Waals surface area contributed by atoms with Crippen LogP contribution in [0.3, 0.4) is 0 Å². The summed E-state index contributed by atoms with van der Waals surface area (Å²) in [5.41, 5.74) is 3.87. The molecule has 7 heteroatoms. The molecule has 0 unspecified atom stereocenters. The van der Waals surface area contributed by atoms with E-state index in [1.165, 1.54) is 12.7 Å². The molecule has 7 nitrogen and oxygen atoms in total. The first-order valence-electron chi connectivity index (χ1n) is 15.6. The number of benzene rings is 4. The first-order chi connectivity index (χ1) is 22.0. The highest BCUT2D eigenvalue weighted by molar-refractivity contribution is 6.12. The third kappa shape index (κ3) is 10.9. The van der Waals surface area contributed by atoms with E-state index in [2.05, 4.69) is 34.9 Å². The number of amides is 1. The number of hydrogen-bond acceptors (Lipinski definition) is 6. The molecule has 0 aromatic heterocycles. The van der Waals surface area contributed by atoms with Gasteiger partial charge in [-0.1, -0.05) is 97.8 Å². The Balaban J connectivity index is 1.19. The number of unbranched alkanes of at least 4 members (excludes halogenated alkanes) is 3. The van der Waals surface area contributed by atoms with Gasteiger partial charge in [-0.3, -0.25) is 9.59 Å². The molecule has 2 N–H and O–H groups in total. The standard InChI is InChI=1S/C38H42N2O5/c1-44-38(43)35(40-34-20-13-12-19-33(34)37(42)31-17-9-5-10-18-31)28-30-22-24-32(25-23-30)45-27-26-39-36(41)21-11-3-2-6-14-29-15-7-4-8-16-29/h4-5,7-10,12-13,15-20,22-25,35,40H,2-3,6,11,14,21,26-28H2,1H3,(H,39,41)/t35-/m0/s1. The molecule has 4 aromatic carbocycles. The lowest BCUT2D eigenvalue weighted by atomic mass is 10.00. The van der Waals surface area contributed by atoms with Crippen LogP contribution in [0.4, 0.5) is 5.69 Å². The highest BCUT2D eigenvalue weighted by atomic mass is 16.5. The van der Waals surface area contributed by atoms with E-state index in [0.717, 1.165) is 37.7 Å². The van der Waals surface area contributed by atoms with Crippen molar-refractivity contribution in [3.63, 3.8) is 0 Å². The zero-order valence-electron chi connectivity index (χ0n) is 25.9. The van der Waals surface area contributed by atoms with E-state index in [1.807, 2.05) is 54.6 Å². The summed E-state index contributed by atoms with van der Waals surface area (Å²) in [7, 11) is 1.35. The van der Waals surface area contributed by atoms with Gasteiger partial charge in [0.2, 0.25) is 5.91 Å². The van der Waals surface area contributed by atoms with Crippen LogP contribution >= 0.6 is 0 Å². The second-order valence-corrected chi connectivity index (χ2v) is 10.9. The largest absolute Gasteiger partial charge is 0.492 e. The van der Waals surface area contributed by atoms with Gasteiger partial charge in [0.1, 0.15) is 18.4 Å². The van der Waals surface area contributed by atoms with E-state index in [9.17, 15) is 14.4 Å². The lowest BCUT2D eigenvalue weighted by molar-refractivity contribution is -0.141. The number of carbonyl (C=O) groups excluding carboxylic acids is 3. The van der Waals surface area contributed by atoms with E-state index in [4.69, 9.17) is 9.47 Å². The summed E-state index contributed by atoms with van der Waals surface area (Å²) >= 11 is 0. The summed E-state index contributed by atoms with van der Waals surface area (Å²) in [6.07, 6.45) is 6.16. The van der Waals surface area contributed by atoms with Crippen LogP contribution in [0.1, 0.15) is 59.2 Å². The smallest absolute Gasteiger partial charge is 0.328 e. The SMILES string of the molecule is COC(=O)[C@H](Cc1ccc(OCCNC(=O)CCCCCCc2ccccc2)cc1)Nc1ccccc1C(=O)c1ccccc1. The summed E-state index contributed by atoms with van der Waals surface area (Å²) in [4.78, 5) is 38.0. The number of anilines is 1. The maximum Gasteiger partial charge on any atom is 0.328 e. The van der Waals surface area contributed by atoms with Crippen molar-refractivity contribution in [3.05, 3.63) is 131 Å². The van der Waals surface area contributed by atoms with Gasteiger partial charge in [0.15, 0.2) is 5.78 Å². The molecule has 0 saturated carbocycles. The molecule has 0 saturated heterocycles. The van der Waals surface area contributed by atoms with Gasteiger partial charge in [0, 0.05) is 29.7 Å². The number of methoxy groups -OCH3 is 1. The van der Waals surface area contributed by atoms with Gasteiger partial charge < -0.3 is 20.1 Å². The van der Waals surface area contributed by atoms with Crippen LogP contribution in [0.5, 0.6) is 5.75 Å². The molecule has 0 aliphatic rings. The monoisotopic (exact) mass is 606 g/mol. The maximum absolute atomic E-state index is 13.2. The van der Waals surface area contributed by atoms with Gasteiger partial charge >= 0.3 is 5.97 Å². The predicted octanol–water partition coefficient (Wildman–Crippen LogP) is 6.80. The van der Waals surface area contributed by atoms with Gasteiger partial charge in [-0.25, -0.2) is 4.79 Å². The Morgan fingerprint density at radius 2 is 1.38 bits per heavy atom. The van der Waals surface area contributed by atoms with Gasteiger partial charge in [0.05, 0.1) is 13.7 Å². The summed E-state index contributed by atoms with van der Waals surface area (Å²) in [5.74, 6) is 0.160. The minimum atomic E-state index is -0.703. The fourth-order valence-electron chi connectivity index (χ4n) is 5.09. The summed E-state index contributed by atoms with van der Waals surface area (Å²) in [6.45, 7) is 0.796. The molecular weight excluding hydrogens is 564 g/mol. The molecule has 1 atom stereocenters. The molecule has 0 heterocycles. The first kappa shape index (κ1) is 33.0. The van der Waals surface area contributed by atoms with Crippen molar-refractivity contribution in [2.75, 3.05) is 25.6 Å². The molecule has 0 aliphatic carbocycles. The van der Waals surface area contributed by atoms with Crippen molar-refractivity contribution in [1.82, 2.24) is 5.32 Å². The normalized spacial score (nSPS) is 11.3. The van der Waals surface area contributed by atoms with E-state index in [-0.39, 0.29) is 11.7 Å². The van der Waals surface area contributed by atoms with Crippen molar-refractivity contribution < 1.29 is 23.9 Å². The van der Waals surface area contributed by atoms with Crippen molar-refractivity contribution in [3.8, 4) is 5.75 Å². The highest BCUT2D eigenvalue weighted by Crippen LogP contribution is 2.22. The minimum Gasteiger partial charge on any atom is -0.492 e. The zero-order valence-corrected chi connectivity index (χ0v) is 25.9. The number of esters is 1. The maximum atomic E-state index is 13.2. The van der Waals surface area contributed by atoms with E-state index in [1.54, 1.807) is 30.3 Å². The zero-order chi connectivity index (χ0) is 31.7. The third-order valence-electron chi connectivity index (χ3n) is 7.54. The highest BCUT2D eigenvalue weighted by Gasteiger charge is 2.22. The Kier molecular flexibility index (Phi) is 13.2. The van der Waals surface area contributed by atoms with E-state index in [0.29, 0.717) is 48.6 Å². The molecule has 234 valence electrons. The quantitative estimate of drug-likeness (QED) is 0.0735. The van der Waals surface area contributed by atoms with Crippen LogP contribution < -0.4 is 15.4 Å². The van der Waals surface area contributed by atoms with Crippen molar-refractivity contribution in [2.45, 2.75) is 51.0 Å². The Morgan fingerprint density at radius 3 is 2.11 bits per heavy atom. The summed E-state index contributed by atoms with van der Waals surface area (Å²) in [5, 5.41) is 6.15. The van der Waals surface area contributed by atoms with Crippen molar-refractivity contribution >= 4 is 23.3 Å². The average molecular weight is 607 g/mol. The molecule has 0 fully saturated rings. The third-order valence-corrected chi connectivity index (χ3v) is 7.54.